The molecule has 0 aliphatic heterocycles. The number of para-hydroxylation sites is 1. The first kappa shape index (κ1) is 14.0. The van der Waals surface area contributed by atoms with Gasteiger partial charge in [-0.15, -0.1) is 0 Å². The fourth-order valence-corrected chi connectivity index (χ4v) is 1.84. The lowest BCUT2D eigenvalue weighted by Gasteiger charge is -2.10. The van der Waals surface area contributed by atoms with Gasteiger partial charge >= 0.3 is 5.97 Å². The molecule has 0 heterocycles. The number of rotatable bonds is 4. The highest BCUT2D eigenvalue weighted by Gasteiger charge is 2.10. The van der Waals surface area contributed by atoms with Crippen molar-refractivity contribution in [1.82, 2.24) is 0 Å². The van der Waals surface area contributed by atoms with E-state index in [1.165, 1.54) is 19.2 Å². The molecule has 0 saturated carbocycles. The molecule has 0 amide bonds. The maximum atomic E-state index is 13.1. The molecule has 0 aromatic heterocycles. The van der Waals surface area contributed by atoms with Crippen LogP contribution in [-0.2, 0) is 11.3 Å². The summed E-state index contributed by atoms with van der Waals surface area (Å²) in [6.07, 6.45) is 0. The van der Waals surface area contributed by atoms with E-state index in [4.69, 9.17) is 0 Å². The lowest BCUT2D eigenvalue weighted by molar-refractivity contribution is 0.0602. The van der Waals surface area contributed by atoms with E-state index in [1.54, 1.807) is 24.3 Å². The molecular weight excluding hydrogens is 264 g/mol. The van der Waals surface area contributed by atoms with Crippen LogP contribution in [0.2, 0.25) is 0 Å². The van der Waals surface area contributed by atoms with E-state index < -0.39 is 17.6 Å². The lowest BCUT2D eigenvalue weighted by Crippen LogP contribution is -2.08. The maximum Gasteiger partial charge on any atom is 0.339 e. The smallest absolute Gasteiger partial charge is 0.339 e. The summed E-state index contributed by atoms with van der Waals surface area (Å²) >= 11 is 0. The third-order valence-corrected chi connectivity index (χ3v) is 2.74. The van der Waals surface area contributed by atoms with Crippen molar-refractivity contribution in [2.45, 2.75) is 6.54 Å². The summed E-state index contributed by atoms with van der Waals surface area (Å²) in [5.41, 5.74) is 1.36. The van der Waals surface area contributed by atoms with Gasteiger partial charge in [-0.3, -0.25) is 0 Å². The van der Waals surface area contributed by atoms with E-state index in [1.807, 2.05) is 0 Å². The third kappa shape index (κ3) is 3.32. The van der Waals surface area contributed by atoms with E-state index in [-0.39, 0.29) is 6.54 Å². The van der Waals surface area contributed by atoms with E-state index in [2.05, 4.69) is 10.1 Å². The minimum absolute atomic E-state index is 0.197. The zero-order valence-corrected chi connectivity index (χ0v) is 10.8. The Morgan fingerprint density at radius 2 is 1.80 bits per heavy atom. The molecule has 104 valence electrons. The molecule has 2 rings (SSSR count). The molecule has 0 bridgehead atoms. The number of anilines is 1. The van der Waals surface area contributed by atoms with Crippen molar-refractivity contribution in [3.8, 4) is 0 Å². The van der Waals surface area contributed by atoms with Crippen molar-refractivity contribution in [2.24, 2.45) is 0 Å². The van der Waals surface area contributed by atoms with Crippen LogP contribution in [0.25, 0.3) is 0 Å². The first-order chi connectivity index (χ1) is 9.60. The average Bonchev–Trinajstić information content (AvgIpc) is 2.43. The molecule has 0 atom stereocenters. The summed E-state index contributed by atoms with van der Waals surface area (Å²) < 4.78 is 30.8. The second-order valence-electron chi connectivity index (χ2n) is 4.17. The molecule has 1 N–H and O–H groups in total. The van der Waals surface area contributed by atoms with Crippen molar-refractivity contribution >= 4 is 11.7 Å². The monoisotopic (exact) mass is 277 g/mol. The zero-order chi connectivity index (χ0) is 14.5. The molecular formula is C15H13F2NO2. The number of halogens is 2. The minimum Gasteiger partial charge on any atom is -0.465 e. The van der Waals surface area contributed by atoms with Gasteiger partial charge in [0, 0.05) is 18.3 Å². The SMILES string of the molecule is COC(=O)c1ccccc1NCc1cc(F)cc(F)c1. The summed E-state index contributed by atoms with van der Waals surface area (Å²) in [7, 11) is 1.29. The van der Waals surface area contributed by atoms with Crippen molar-refractivity contribution in [3.05, 3.63) is 65.2 Å². The summed E-state index contributed by atoms with van der Waals surface area (Å²) in [5.74, 6) is -1.75. The molecule has 0 saturated heterocycles. The summed E-state index contributed by atoms with van der Waals surface area (Å²) in [4.78, 5) is 11.6. The molecule has 0 radical (unpaired) electrons. The Labute approximate surface area is 115 Å². The van der Waals surface area contributed by atoms with E-state index >= 15 is 0 Å². The van der Waals surface area contributed by atoms with Gasteiger partial charge in [0.1, 0.15) is 11.6 Å². The predicted molar refractivity (Wildman–Crippen MR) is 71.5 cm³/mol. The Morgan fingerprint density at radius 3 is 2.45 bits per heavy atom. The van der Waals surface area contributed by atoms with Gasteiger partial charge < -0.3 is 10.1 Å². The fraction of sp³-hybridized carbons (Fsp3) is 0.133. The van der Waals surface area contributed by atoms with Gasteiger partial charge in [0.05, 0.1) is 12.7 Å². The van der Waals surface area contributed by atoms with Crippen LogP contribution in [-0.4, -0.2) is 13.1 Å². The van der Waals surface area contributed by atoms with Gasteiger partial charge in [-0.05, 0) is 29.8 Å². The van der Waals surface area contributed by atoms with Gasteiger partial charge in [0.15, 0.2) is 0 Å². The van der Waals surface area contributed by atoms with Crippen LogP contribution in [0.3, 0.4) is 0 Å². The van der Waals surface area contributed by atoms with E-state index in [0.29, 0.717) is 16.8 Å². The van der Waals surface area contributed by atoms with Gasteiger partial charge in [-0.25, -0.2) is 13.6 Å². The van der Waals surface area contributed by atoms with Gasteiger partial charge in [-0.1, -0.05) is 12.1 Å². The molecule has 20 heavy (non-hydrogen) atoms. The lowest BCUT2D eigenvalue weighted by atomic mass is 10.1. The molecule has 0 aliphatic carbocycles. The van der Waals surface area contributed by atoms with E-state index in [0.717, 1.165) is 6.07 Å². The number of hydrogen-bond donors (Lipinski definition) is 1. The summed E-state index contributed by atoms with van der Waals surface area (Å²) in [5, 5.41) is 2.97. The van der Waals surface area contributed by atoms with Crippen LogP contribution >= 0.6 is 0 Å². The largest absolute Gasteiger partial charge is 0.465 e. The number of carbonyl (C=O) groups is 1. The predicted octanol–water partition coefficient (Wildman–Crippen LogP) is 3.36. The Morgan fingerprint density at radius 1 is 1.15 bits per heavy atom. The first-order valence-electron chi connectivity index (χ1n) is 5.96. The Bertz CT molecular complexity index is 609. The zero-order valence-electron chi connectivity index (χ0n) is 10.8. The quantitative estimate of drug-likeness (QED) is 0.871. The van der Waals surface area contributed by atoms with Crippen LogP contribution in [0.15, 0.2) is 42.5 Å². The van der Waals surface area contributed by atoms with Crippen LogP contribution in [0, 0.1) is 11.6 Å². The number of carbonyl (C=O) groups excluding carboxylic acids is 1. The first-order valence-corrected chi connectivity index (χ1v) is 5.96. The molecule has 5 heteroatoms. The second kappa shape index (κ2) is 6.14. The fourth-order valence-electron chi connectivity index (χ4n) is 1.84. The molecule has 3 nitrogen and oxygen atoms in total. The molecule has 2 aromatic carbocycles. The van der Waals surface area contributed by atoms with Crippen LogP contribution in [0.1, 0.15) is 15.9 Å². The highest BCUT2D eigenvalue weighted by atomic mass is 19.1. The van der Waals surface area contributed by atoms with Crippen LogP contribution < -0.4 is 5.32 Å². The average molecular weight is 277 g/mol. The summed E-state index contributed by atoms with van der Waals surface area (Å²) in [6.45, 7) is 0.197. The van der Waals surface area contributed by atoms with Gasteiger partial charge in [0.25, 0.3) is 0 Å². The van der Waals surface area contributed by atoms with Crippen molar-refractivity contribution in [1.29, 1.82) is 0 Å². The van der Waals surface area contributed by atoms with Crippen molar-refractivity contribution < 1.29 is 18.3 Å². The highest BCUT2D eigenvalue weighted by Crippen LogP contribution is 2.17. The molecule has 0 aliphatic rings. The minimum atomic E-state index is -0.636. The third-order valence-electron chi connectivity index (χ3n) is 2.74. The molecule has 0 unspecified atom stereocenters. The number of methoxy groups -OCH3 is 1. The normalized spacial score (nSPS) is 10.2. The number of ether oxygens (including phenoxy) is 1. The van der Waals surface area contributed by atoms with Gasteiger partial charge in [0.2, 0.25) is 0 Å². The molecule has 0 spiro atoms. The topological polar surface area (TPSA) is 38.3 Å². The molecule has 0 fully saturated rings. The van der Waals surface area contributed by atoms with Crippen molar-refractivity contribution in [2.75, 3.05) is 12.4 Å². The Hall–Kier alpha value is -2.43. The number of nitrogens with one attached hydrogen (secondary N) is 1. The van der Waals surface area contributed by atoms with E-state index in [9.17, 15) is 13.6 Å². The van der Waals surface area contributed by atoms with Crippen LogP contribution in [0.5, 0.6) is 0 Å². The number of esters is 1. The number of hydrogen-bond acceptors (Lipinski definition) is 3. The maximum absolute atomic E-state index is 13.1. The highest BCUT2D eigenvalue weighted by molar-refractivity contribution is 5.95. The number of benzene rings is 2. The van der Waals surface area contributed by atoms with Gasteiger partial charge in [-0.2, -0.15) is 0 Å². The van der Waals surface area contributed by atoms with Crippen molar-refractivity contribution in [3.63, 3.8) is 0 Å². The molecule has 2 aromatic rings. The second-order valence-corrected chi connectivity index (χ2v) is 4.17. The summed E-state index contributed by atoms with van der Waals surface area (Å²) in [6, 6.07) is 10.0. The Kier molecular flexibility index (Phi) is 4.30. The standard InChI is InChI=1S/C15H13F2NO2/c1-20-15(19)13-4-2-3-5-14(13)18-9-10-6-11(16)8-12(17)7-10/h2-8,18H,9H2,1H3. The Balaban J connectivity index is 2.16. The van der Waals surface area contributed by atoms with Crippen LogP contribution in [0.4, 0.5) is 14.5 Å².